The lowest BCUT2D eigenvalue weighted by atomic mass is 10.2. The van der Waals surface area contributed by atoms with Gasteiger partial charge < -0.3 is 10.1 Å². The molecule has 2 aromatic carbocycles. The molecule has 0 saturated carbocycles. The van der Waals surface area contributed by atoms with Crippen molar-refractivity contribution in [2.24, 2.45) is 0 Å². The normalized spacial score (nSPS) is 10.9. The molecular formula is C18H17ClN2O. The predicted molar refractivity (Wildman–Crippen MR) is 90.9 cm³/mol. The van der Waals surface area contributed by atoms with Gasteiger partial charge in [0.2, 0.25) is 0 Å². The van der Waals surface area contributed by atoms with Crippen LogP contribution in [0.5, 0.6) is 5.75 Å². The maximum atomic E-state index is 9.24. The van der Waals surface area contributed by atoms with Crippen LogP contribution in [0.3, 0.4) is 0 Å². The molecule has 0 aromatic heterocycles. The molecular weight excluding hydrogens is 296 g/mol. The Morgan fingerprint density at radius 1 is 1.18 bits per heavy atom. The van der Waals surface area contributed by atoms with Crippen LogP contribution in [0.4, 0.5) is 5.69 Å². The largest absolute Gasteiger partial charge is 0.494 e. The summed E-state index contributed by atoms with van der Waals surface area (Å²) in [7, 11) is 0. The maximum absolute atomic E-state index is 9.24. The van der Waals surface area contributed by atoms with Crippen LogP contribution >= 0.6 is 11.6 Å². The van der Waals surface area contributed by atoms with Gasteiger partial charge in [0.05, 0.1) is 6.61 Å². The Morgan fingerprint density at radius 2 is 1.86 bits per heavy atom. The number of hydrogen-bond acceptors (Lipinski definition) is 3. The Labute approximate surface area is 135 Å². The summed E-state index contributed by atoms with van der Waals surface area (Å²) >= 11 is 5.84. The second-order valence-corrected chi connectivity index (χ2v) is 5.16. The molecule has 22 heavy (non-hydrogen) atoms. The monoisotopic (exact) mass is 312 g/mol. The van der Waals surface area contributed by atoms with Crippen LogP contribution in [0.15, 0.2) is 54.2 Å². The minimum absolute atomic E-state index is 0.463. The van der Waals surface area contributed by atoms with Crippen molar-refractivity contribution in [3.05, 3.63) is 64.8 Å². The standard InChI is InChI=1S/C18H17ClN2O/c1-2-11-22-18-9-3-14(4-10-18)12-17(13-20)21-16-7-5-15(19)6-8-16/h3-10,12,21H,2,11H2,1H3. The highest BCUT2D eigenvalue weighted by Crippen LogP contribution is 2.18. The van der Waals surface area contributed by atoms with Crippen molar-refractivity contribution in [1.82, 2.24) is 0 Å². The molecule has 0 aliphatic rings. The van der Waals surface area contributed by atoms with E-state index in [0.717, 1.165) is 23.4 Å². The van der Waals surface area contributed by atoms with E-state index in [9.17, 15) is 5.26 Å². The third-order valence-electron chi connectivity index (χ3n) is 2.91. The van der Waals surface area contributed by atoms with E-state index in [1.807, 2.05) is 36.4 Å². The lowest BCUT2D eigenvalue weighted by Crippen LogP contribution is -1.97. The van der Waals surface area contributed by atoms with E-state index >= 15 is 0 Å². The first kappa shape index (κ1) is 15.9. The van der Waals surface area contributed by atoms with Gasteiger partial charge >= 0.3 is 0 Å². The lowest BCUT2D eigenvalue weighted by molar-refractivity contribution is 0.317. The molecule has 112 valence electrons. The van der Waals surface area contributed by atoms with Crippen LogP contribution in [0, 0.1) is 11.3 Å². The number of allylic oxidation sites excluding steroid dienone is 1. The van der Waals surface area contributed by atoms with Crippen LogP contribution < -0.4 is 10.1 Å². The molecule has 0 radical (unpaired) electrons. The number of nitrogens with one attached hydrogen (secondary N) is 1. The Hall–Kier alpha value is -2.44. The number of anilines is 1. The fraction of sp³-hybridized carbons (Fsp3) is 0.167. The molecule has 0 aliphatic carbocycles. The predicted octanol–water partition coefficient (Wildman–Crippen LogP) is 5.11. The highest BCUT2D eigenvalue weighted by atomic mass is 35.5. The second-order valence-electron chi connectivity index (χ2n) is 4.72. The van der Waals surface area contributed by atoms with Gasteiger partial charge in [-0.15, -0.1) is 0 Å². The fourth-order valence-corrected chi connectivity index (χ4v) is 1.96. The van der Waals surface area contributed by atoms with Crippen LogP contribution in [0.2, 0.25) is 5.02 Å². The minimum atomic E-state index is 0.463. The molecule has 2 aromatic rings. The molecule has 0 saturated heterocycles. The van der Waals surface area contributed by atoms with Gasteiger partial charge in [-0.1, -0.05) is 30.7 Å². The SMILES string of the molecule is CCCOc1ccc(C=C(C#N)Nc2ccc(Cl)cc2)cc1. The number of ether oxygens (including phenoxy) is 1. The summed E-state index contributed by atoms with van der Waals surface area (Å²) in [6.07, 6.45) is 2.77. The van der Waals surface area contributed by atoms with E-state index in [4.69, 9.17) is 16.3 Å². The summed E-state index contributed by atoms with van der Waals surface area (Å²) in [5.74, 6) is 0.836. The molecule has 0 heterocycles. The zero-order valence-corrected chi connectivity index (χ0v) is 13.1. The van der Waals surface area contributed by atoms with E-state index in [1.54, 1.807) is 18.2 Å². The molecule has 0 atom stereocenters. The molecule has 0 amide bonds. The summed E-state index contributed by atoms with van der Waals surface area (Å²) in [5.41, 5.74) is 2.21. The number of nitriles is 1. The summed E-state index contributed by atoms with van der Waals surface area (Å²) in [6, 6.07) is 17.0. The smallest absolute Gasteiger partial charge is 0.119 e. The first-order chi connectivity index (χ1) is 10.7. The summed E-state index contributed by atoms with van der Waals surface area (Å²) in [6.45, 7) is 2.77. The van der Waals surface area contributed by atoms with Gasteiger partial charge in [0.25, 0.3) is 0 Å². The number of benzene rings is 2. The highest BCUT2D eigenvalue weighted by molar-refractivity contribution is 6.30. The van der Waals surface area contributed by atoms with Crippen molar-refractivity contribution in [2.75, 3.05) is 11.9 Å². The van der Waals surface area contributed by atoms with Crippen molar-refractivity contribution in [3.8, 4) is 11.8 Å². The zero-order valence-electron chi connectivity index (χ0n) is 12.3. The quantitative estimate of drug-likeness (QED) is 0.754. The van der Waals surface area contributed by atoms with Gasteiger partial charge in [0.15, 0.2) is 0 Å². The van der Waals surface area contributed by atoms with Gasteiger partial charge in [-0.05, 0) is 54.5 Å². The van der Waals surface area contributed by atoms with Crippen molar-refractivity contribution in [2.45, 2.75) is 13.3 Å². The summed E-state index contributed by atoms with van der Waals surface area (Å²) in [5, 5.41) is 13.0. The maximum Gasteiger partial charge on any atom is 0.119 e. The summed E-state index contributed by atoms with van der Waals surface area (Å²) in [4.78, 5) is 0. The second kappa shape index (κ2) is 8.11. The van der Waals surface area contributed by atoms with Crippen molar-refractivity contribution in [3.63, 3.8) is 0 Å². The Balaban J connectivity index is 2.08. The van der Waals surface area contributed by atoms with Crippen molar-refractivity contribution >= 4 is 23.4 Å². The first-order valence-corrected chi connectivity index (χ1v) is 7.46. The molecule has 2 rings (SSSR count). The molecule has 1 N–H and O–H groups in total. The van der Waals surface area contributed by atoms with E-state index in [-0.39, 0.29) is 0 Å². The molecule has 4 heteroatoms. The van der Waals surface area contributed by atoms with Gasteiger partial charge in [-0.3, -0.25) is 0 Å². The Kier molecular flexibility index (Phi) is 5.88. The minimum Gasteiger partial charge on any atom is -0.494 e. The number of rotatable bonds is 6. The van der Waals surface area contributed by atoms with Crippen LogP contribution in [0.1, 0.15) is 18.9 Å². The average Bonchev–Trinajstić information content (AvgIpc) is 2.55. The van der Waals surface area contributed by atoms with Crippen molar-refractivity contribution < 1.29 is 4.74 Å². The van der Waals surface area contributed by atoms with Gasteiger partial charge in [0, 0.05) is 10.7 Å². The number of hydrogen-bond donors (Lipinski definition) is 1. The molecule has 0 spiro atoms. The van der Waals surface area contributed by atoms with Gasteiger partial charge in [0.1, 0.15) is 17.5 Å². The average molecular weight is 313 g/mol. The third-order valence-corrected chi connectivity index (χ3v) is 3.16. The van der Waals surface area contributed by atoms with Crippen LogP contribution in [0.25, 0.3) is 6.08 Å². The summed E-state index contributed by atoms with van der Waals surface area (Å²) < 4.78 is 5.53. The highest BCUT2D eigenvalue weighted by Gasteiger charge is 1.99. The van der Waals surface area contributed by atoms with Crippen LogP contribution in [-0.2, 0) is 0 Å². The van der Waals surface area contributed by atoms with E-state index < -0.39 is 0 Å². The van der Waals surface area contributed by atoms with Crippen molar-refractivity contribution in [1.29, 1.82) is 5.26 Å². The Bertz CT molecular complexity index is 670. The zero-order chi connectivity index (χ0) is 15.8. The first-order valence-electron chi connectivity index (χ1n) is 7.08. The lowest BCUT2D eigenvalue weighted by Gasteiger charge is -2.06. The topological polar surface area (TPSA) is 45.0 Å². The molecule has 0 bridgehead atoms. The van der Waals surface area contributed by atoms with E-state index in [0.29, 0.717) is 17.3 Å². The Morgan fingerprint density at radius 3 is 2.45 bits per heavy atom. The fourth-order valence-electron chi connectivity index (χ4n) is 1.83. The van der Waals surface area contributed by atoms with Gasteiger partial charge in [-0.2, -0.15) is 5.26 Å². The molecule has 0 unspecified atom stereocenters. The number of nitrogens with zero attached hydrogens (tertiary/aromatic N) is 1. The van der Waals surface area contributed by atoms with E-state index in [1.165, 1.54) is 0 Å². The van der Waals surface area contributed by atoms with E-state index in [2.05, 4.69) is 18.3 Å². The molecule has 3 nitrogen and oxygen atoms in total. The number of halogens is 1. The third kappa shape index (κ3) is 4.83. The molecule has 0 aliphatic heterocycles. The van der Waals surface area contributed by atoms with Crippen LogP contribution in [-0.4, -0.2) is 6.61 Å². The molecule has 0 fully saturated rings. The van der Waals surface area contributed by atoms with Gasteiger partial charge in [-0.25, -0.2) is 0 Å².